The van der Waals surface area contributed by atoms with Gasteiger partial charge in [0.15, 0.2) is 6.61 Å². The number of aryl methyl sites for hydroxylation is 1. The Kier molecular flexibility index (Phi) is 16.3. The van der Waals surface area contributed by atoms with Crippen LogP contribution in [0.1, 0.15) is 32.5 Å². The van der Waals surface area contributed by atoms with Crippen LogP contribution in [0.2, 0.25) is 20.1 Å². The van der Waals surface area contributed by atoms with Gasteiger partial charge < -0.3 is 23.7 Å². The molecular formula is C38H34Cl4N8O10S. The third-order valence-corrected chi connectivity index (χ3v) is 10.0. The number of fused-ring (bicyclic) bond motifs is 1. The van der Waals surface area contributed by atoms with Crippen molar-refractivity contribution in [2.45, 2.75) is 38.0 Å². The number of amides is 2. The Bertz CT molecular complexity index is 2770. The van der Waals surface area contributed by atoms with Gasteiger partial charge in [0.2, 0.25) is 11.8 Å². The Balaban J connectivity index is 0.000000205. The largest absolute Gasteiger partial charge is 0.480 e. The number of carboxylic acid groups (broad SMARTS) is 1. The third kappa shape index (κ3) is 13.2. The fourth-order valence-electron chi connectivity index (χ4n) is 4.58. The number of pyridine rings is 1. The molecule has 0 unspecified atom stereocenters. The number of halogens is 4. The van der Waals surface area contributed by atoms with Gasteiger partial charge in [-0.2, -0.15) is 19.6 Å². The molecule has 0 spiro atoms. The molecule has 3 heterocycles. The van der Waals surface area contributed by atoms with Gasteiger partial charge in [-0.3, -0.25) is 10.3 Å². The molecule has 0 saturated carbocycles. The van der Waals surface area contributed by atoms with E-state index in [9.17, 15) is 22.8 Å². The molecule has 0 aliphatic heterocycles. The van der Waals surface area contributed by atoms with E-state index in [0.717, 1.165) is 10.1 Å². The first-order valence-corrected chi connectivity index (χ1v) is 20.1. The fraction of sp³-hybridized carbons (Fsp3) is 0.211. The average Bonchev–Trinajstić information content (AvgIpc) is 3.59. The van der Waals surface area contributed by atoms with Gasteiger partial charge in [-0.15, -0.1) is 11.5 Å². The number of aliphatic carboxylic acids is 1. The van der Waals surface area contributed by atoms with Crippen LogP contribution in [0.15, 0.2) is 81.0 Å². The molecular weight excluding hydrogens is 902 g/mol. The lowest BCUT2D eigenvalue weighted by atomic mass is 9.97. The van der Waals surface area contributed by atoms with Crippen molar-refractivity contribution >= 4 is 85.3 Å². The number of carboxylic acids is 1. The Morgan fingerprint density at radius 2 is 1.66 bits per heavy atom. The van der Waals surface area contributed by atoms with Gasteiger partial charge in [0.05, 0.1) is 32.9 Å². The summed E-state index contributed by atoms with van der Waals surface area (Å²) in [6, 6.07) is 14.5. The number of carbonyl (C=O) groups excluding carboxylic acids is 1. The molecule has 0 saturated heterocycles. The summed E-state index contributed by atoms with van der Waals surface area (Å²) in [5, 5.41) is 16.7. The molecule has 61 heavy (non-hydrogen) atoms. The molecule has 3 N–H and O–H groups in total. The molecule has 0 bridgehead atoms. The maximum atomic E-state index is 12.1. The molecule has 23 heteroatoms. The lowest BCUT2D eigenvalue weighted by Gasteiger charge is -2.11. The van der Waals surface area contributed by atoms with E-state index >= 15 is 0 Å². The number of urea groups is 1. The molecule has 6 aromatic rings. The van der Waals surface area contributed by atoms with Gasteiger partial charge in [-0.1, -0.05) is 85.2 Å². The van der Waals surface area contributed by atoms with Gasteiger partial charge >= 0.3 is 23.8 Å². The van der Waals surface area contributed by atoms with Crippen molar-refractivity contribution in [1.29, 1.82) is 0 Å². The highest BCUT2D eigenvalue weighted by Crippen LogP contribution is 2.33. The van der Waals surface area contributed by atoms with Gasteiger partial charge in [0.25, 0.3) is 10.0 Å². The first-order chi connectivity index (χ1) is 28.7. The summed E-state index contributed by atoms with van der Waals surface area (Å²) in [5.41, 5.74) is 0.463. The summed E-state index contributed by atoms with van der Waals surface area (Å²) in [4.78, 5) is 49.6. The van der Waals surface area contributed by atoms with E-state index in [1.165, 1.54) is 37.4 Å². The number of nitrogens with one attached hydrogen (secondary N) is 2. The van der Waals surface area contributed by atoms with Gasteiger partial charge in [-0.05, 0) is 49.4 Å². The zero-order valence-corrected chi connectivity index (χ0v) is 36.4. The summed E-state index contributed by atoms with van der Waals surface area (Å²) in [7, 11) is -2.78. The van der Waals surface area contributed by atoms with E-state index in [1.54, 1.807) is 43.5 Å². The topological polar surface area (TPSA) is 240 Å². The first-order valence-electron chi connectivity index (χ1n) is 17.1. The highest BCUT2D eigenvalue weighted by Gasteiger charge is 2.25. The maximum Gasteiger partial charge on any atom is 0.442 e. The van der Waals surface area contributed by atoms with E-state index in [-0.39, 0.29) is 38.5 Å². The normalized spacial score (nSPS) is 10.9. The summed E-state index contributed by atoms with van der Waals surface area (Å²) < 4.78 is 47.5. The van der Waals surface area contributed by atoms with E-state index < -0.39 is 39.8 Å². The van der Waals surface area contributed by atoms with Crippen molar-refractivity contribution in [3.8, 4) is 35.5 Å². The van der Waals surface area contributed by atoms with Crippen LogP contribution in [0.4, 0.5) is 10.7 Å². The number of hydrogen-bond acceptors (Lipinski definition) is 14. The van der Waals surface area contributed by atoms with Crippen molar-refractivity contribution in [3.05, 3.63) is 109 Å². The molecule has 18 nitrogen and oxygen atoms in total. The Hall–Kier alpha value is -6.17. The van der Waals surface area contributed by atoms with Crippen LogP contribution in [-0.4, -0.2) is 75.6 Å². The predicted octanol–water partition coefficient (Wildman–Crippen LogP) is 7.15. The zero-order valence-electron chi connectivity index (χ0n) is 32.6. The second-order valence-electron chi connectivity index (χ2n) is 12.9. The maximum absolute atomic E-state index is 12.1. The third-order valence-electron chi connectivity index (χ3n) is 7.25. The van der Waals surface area contributed by atoms with E-state index in [2.05, 4.69) is 36.3 Å². The van der Waals surface area contributed by atoms with E-state index in [4.69, 9.17) is 76.6 Å². The van der Waals surface area contributed by atoms with Crippen LogP contribution in [0.25, 0.3) is 16.6 Å². The minimum absolute atomic E-state index is 0.00882. The number of anilines is 1. The SMILES string of the molecule is C#CCOc1cc(-n2nc(C(C)(C)C)oc2=O)c(Cl)cc1Cl.COc1nc(C)nc(NC(=O)NS(=O)(=O)c2ccccc2Cl)n1.O=C(O)COc1ccc(Cl)c2cccnc12. The smallest absolute Gasteiger partial charge is 0.442 e. The highest BCUT2D eigenvalue weighted by atomic mass is 35.5. The molecule has 0 fully saturated rings. The highest BCUT2D eigenvalue weighted by molar-refractivity contribution is 7.90. The van der Waals surface area contributed by atoms with Crippen LogP contribution >= 0.6 is 46.4 Å². The van der Waals surface area contributed by atoms with Crippen molar-refractivity contribution < 1.29 is 41.7 Å². The molecule has 0 aliphatic rings. The molecule has 6 rings (SSSR count). The Morgan fingerprint density at radius 3 is 2.30 bits per heavy atom. The molecule has 0 radical (unpaired) electrons. The van der Waals surface area contributed by atoms with Crippen LogP contribution in [0.3, 0.4) is 0 Å². The van der Waals surface area contributed by atoms with Gasteiger partial charge in [0, 0.05) is 23.1 Å². The van der Waals surface area contributed by atoms with E-state index in [0.29, 0.717) is 39.4 Å². The quantitative estimate of drug-likeness (QED) is 0.116. The van der Waals surface area contributed by atoms with E-state index in [1.807, 2.05) is 25.5 Å². The summed E-state index contributed by atoms with van der Waals surface area (Å²) in [6.45, 7) is 6.86. The van der Waals surface area contributed by atoms with Crippen molar-refractivity contribution in [3.63, 3.8) is 0 Å². The number of hydrogen-bond donors (Lipinski definition) is 3. The molecule has 3 aromatic heterocycles. The Labute approximate surface area is 368 Å². The zero-order chi connectivity index (χ0) is 45.1. The van der Waals surface area contributed by atoms with Crippen LogP contribution in [-0.2, 0) is 20.2 Å². The lowest BCUT2D eigenvalue weighted by Crippen LogP contribution is -2.35. The van der Waals surface area contributed by atoms with Crippen LogP contribution in [0, 0.1) is 19.3 Å². The van der Waals surface area contributed by atoms with Crippen LogP contribution in [0.5, 0.6) is 17.5 Å². The second kappa shape index (κ2) is 20.9. The minimum atomic E-state index is -4.13. The number of nitrogens with zero attached hydrogens (tertiary/aromatic N) is 6. The first kappa shape index (κ1) is 47.5. The summed E-state index contributed by atoms with van der Waals surface area (Å²) >= 11 is 24.0. The number of methoxy groups -OCH3 is 1. The van der Waals surface area contributed by atoms with Gasteiger partial charge in [0.1, 0.15) is 34.3 Å². The summed E-state index contributed by atoms with van der Waals surface area (Å²) in [5.74, 6) is 1.84. The molecule has 0 atom stereocenters. The number of benzene rings is 3. The monoisotopic (exact) mass is 934 g/mol. The fourth-order valence-corrected chi connectivity index (χ4v) is 6.74. The second-order valence-corrected chi connectivity index (χ2v) is 16.2. The predicted molar refractivity (Wildman–Crippen MR) is 227 cm³/mol. The van der Waals surface area contributed by atoms with Gasteiger partial charge in [-0.25, -0.2) is 27.5 Å². The number of terminal acetylenes is 1. The number of ether oxygens (including phenoxy) is 3. The lowest BCUT2D eigenvalue weighted by molar-refractivity contribution is -0.139. The molecule has 320 valence electrons. The van der Waals surface area contributed by atoms with Crippen molar-refractivity contribution in [2.24, 2.45) is 0 Å². The molecule has 3 aromatic carbocycles. The number of aromatic nitrogens is 6. The number of sulfonamides is 1. The summed E-state index contributed by atoms with van der Waals surface area (Å²) in [6.07, 6.45) is 6.76. The Morgan fingerprint density at radius 1 is 0.934 bits per heavy atom. The number of rotatable bonds is 10. The van der Waals surface area contributed by atoms with Crippen LogP contribution < -0.4 is 30.0 Å². The standard InChI is InChI=1S/C15H14Cl2N2O3.C12H12ClN5O4S.C11H8ClNO3/c1-5-6-21-12-8-11(9(16)7-10(12)17)19-14(20)22-13(18-19)15(2,3)4;1-7-14-10(17-12(15-7)22-2)16-11(19)18-23(20,21)9-6-4-3-5-8(9)13;12-8-3-4-9(16-6-10(14)15)11-7(8)2-1-5-13-11/h1,7-8H,6H2,2-4H3;3-6H,1-2H3,(H2,14,15,16,17,18,19);1-5H,6H2,(H,14,15). The average molecular weight is 937 g/mol. The van der Waals surface area contributed by atoms with Crippen molar-refractivity contribution in [1.82, 2.24) is 34.4 Å². The number of carbonyl (C=O) groups is 2. The minimum Gasteiger partial charge on any atom is -0.480 e. The molecule has 2 amide bonds. The van der Waals surface area contributed by atoms with Crippen molar-refractivity contribution in [2.75, 3.05) is 25.6 Å². The molecule has 0 aliphatic carbocycles.